The minimum Gasteiger partial charge on any atom is -0.466 e. The number of carbonyl (C=O) groups is 2. The Hall–Kier alpha value is -2.94. The third-order valence-electron chi connectivity index (χ3n) is 3.71. The molecule has 1 aliphatic heterocycles. The van der Waals surface area contributed by atoms with E-state index in [0.717, 1.165) is 10.2 Å². The van der Waals surface area contributed by atoms with E-state index in [9.17, 15) is 9.59 Å². The summed E-state index contributed by atoms with van der Waals surface area (Å²) in [5.41, 5.74) is 8.93. The highest BCUT2D eigenvalue weighted by atomic mass is 32.1. The number of primary amides is 1. The van der Waals surface area contributed by atoms with Crippen LogP contribution >= 0.6 is 11.3 Å². The summed E-state index contributed by atoms with van der Waals surface area (Å²) in [6.45, 7) is 1.62. The largest absolute Gasteiger partial charge is 0.466 e. The monoisotopic (exact) mass is 345 g/mol. The molecular weight excluding hydrogens is 330 g/mol. The summed E-state index contributed by atoms with van der Waals surface area (Å²) in [6.07, 6.45) is 0. The third-order valence-corrected chi connectivity index (χ3v) is 4.81. The fourth-order valence-electron chi connectivity index (χ4n) is 2.66. The van der Waals surface area contributed by atoms with Crippen molar-refractivity contribution >= 4 is 39.4 Å². The highest BCUT2D eigenvalue weighted by Gasteiger charge is 2.42. The first-order chi connectivity index (χ1) is 11.4. The van der Waals surface area contributed by atoms with Gasteiger partial charge < -0.3 is 10.5 Å². The van der Waals surface area contributed by atoms with Gasteiger partial charge >= 0.3 is 12.0 Å². The second kappa shape index (κ2) is 5.93. The fraction of sp³-hybridized carbons (Fsp3) is 0.200. The molecule has 3 rings (SSSR count). The lowest BCUT2D eigenvalue weighted by molar-refractivity contribution is -0.136. The molecule has 4 N–H and O–H groups in total. The minimum absolute atomic E-state index is 0.00856. The average molecular weight is 345 g/mol. The molecule has 1 aliphatic rings. The second-order valence-corrected chi connectivity index (χ2v) is 6.20. The number of hydrazine groups is 1. The van der Waals surface area contributed by atoms with Crippen molar-refractivity contribution in [2.45, 2.75) is 12.8 Å². The van der Waals surface area contributed by atoms with Gasteiger partial charge in [-0.1, -0.05) is 12.1 Å². The van der Waals surface area contributed by atoms with Gasteiger partial charge in [0, 0.05) is 0 Å². The number of nitrogens with one attached hydrogen (secondary N) is 2. The SMILES string of the molecule is COC(=O)C1=C(C)N(NC(N)=O)C(=N)C1c1nc2ccccc2s1. The number of ether oxygens (including phenoxy) is 1. The van der Waals surface area contributed by atoms with Crippen molar-refractivity contribution in [3.05, 3.63) is 40.5 Å². The molecule has 1 unspecified atom stereocenters. The number of hydrogen-bond donors (Lipinski definition) is 3. The van der Waals surface area contributed by atoms with Crippen molar-refractivity contribution in [1.29, 1.82) is 5.41 Å². The molecule has 1 atom stereocenters. The van der Waals surface area contributed by atoms with Crippen LogP contribution < -0.4 is 11.2 Å². The second-order valence-electron chi connectivity index (χ2n) is 5.14. The van der Waals surface area contributed by atoms with Gasteiger partial charge in [0.05, 0.1) is 28.6 Å². The fourth-order valence-corrected chi connectivity index (χ4v) is 3.74. The lowest BCUT2D eigenvalue weighted by atomic mass is 10.0. The predicted octanol–water partition coefficient (Wildman–Crippen LogP) is 1.70. The molecule has 0 saturated heterocycles. The first-order valence-electron chi connectivity index (χ1n) is 7.03. The molecule has 0 saturated carbocycles. The van der Waals surface area contributed by atoms with Crippen molar-refractivity contribution in [3.8, 4) is 0 Å². The number of nitrogens with two attached hydrogens (primary N) is 1. The summed E-state index contributed by atoms with van der Waals surface area (Å²) < 4.78 is 5.79. The van der Waals surface area contributed by atoms with Crippen molar-refractivity contribution < 1.29 is 14.3 Å². The number of nitrogens with zero attached hydrogens (tertiary/aromatic N) is 2. The molecule has 0 radical (unpaired) electrons. The van der Waals surface area contributed by atoms with E-state index in [2.05, 4.69) is 10.4 Å². The van der Waals surface area contributed by atoms with Gasteiger partial charge in [-0.15, -0.1) is 11.3 Å². The molecule has 0 bridgehead atoms. The molecule has 0 spiro atoms. The maximum absolute atomic E-state index is 12.2. The number of thiazole rings is 1. The Morgan fingerprint density at radius 2 is 2.12 bits per heavy atom. The van der Waals surface area contributed by atoms with Crippen LogP contribution in [0.25, 0.3) is 10.2 Å². The standard InChI is InChI=1S/C15H15N5O3S/c1-7-10(14(21)23-2)11(12(16)20(7)19-15(17)22)13-18-8-5-3-4-6-9(8)24-13/h3-6,11,16H,1-2H3,(H3,17,19,22). The van der Waals surface area contributed by atoms with Crippen LogP contribution in [0.3, 0.4) is 0 Å². The number of hydrogen-bond acceptors (Lipinski definition) is 6. The summed E-state index contributed by atoms with van der Waals surface area (Å²) in [5.74, 6) is -1.30. The first-order valence-corrected chi connectivity index (χ1v) is 7.85. The number of benzene rings is 1. The molecule has 1 aromatic carbocycles. The third kappa shape index (κ3) is 2.48. The van der Waals surface area contributed by atoms with Crippen LogP contribution in [0.2, 0.25) is 0 Å². The molecule has 124 valence electrons. The summed E-state index contributed by atoms with van der Waals surface area (Å²) >= 11 is 1.39. The van der Waals surface area contributed by atoms with Crippen molar-refractivity contribution in [2.75, 3.05) is 7.11 Å². The van der Waals surface area contributed by atoms with E-state index in [0.29, 0.717) is 10.7 Å². The van der Waals surface area contributed by atoms with E-state index >= 15 is 0 Å². The van der Waals surface area contributed by atoms with Crippen LogP contribution in [0.4, 0.5) is 4.79 Å². The van der Waals surface area contributed by atoms with Gasteiger partial charge in [-0.3, -0.25) is 5.41 Å². The van der Waals surface area contributed by atoms with Crippen LogP contribution in [-0.4, -0.2) is 34.9 Å². The summed E-state index contributed by atoms with van der Waals surface area (Å²) in [6, 6.07) is 6.72. The number of amides is 2. The van der Waals surface area contributed by atoms with E-state index in [1.165, 1.54) is 23.5 Å². The Balaban J connectivity index is 2.11. The number of esters is 1. The number of amidine groups is 1. The number of aromatic nitrogens is 1. The van der Waals surface area contributed by atoms with Gasteiger partial charge in [0.2, 0.25) is 0 Å². The molecule has 0 fully saturated rings. The Labute approximate surface area is 141 Å². The lowest BCUT2D eigenvalue weighted by Gasteiger charge is -2.20. The predicted molar refractivity (Wildman–Crippen MR) is 89.4 cm³/mol. The first kappa shape index (κ1) is 15.9. The van der Waals surface area contributed by atoms with Crippen LogP contribution in [0, 0.1) is 5.41 Å². The van der Waals surface area contributed by atoms with E-state index in [1.54, 1.807) is 6.92 Å². The number of rotatable bonds is 3. The van der Waals surface area contributed by atoms with Gasteiger partial charge in [0.1, 0.15) is 16.8 Å². The Bertz CT molecular complexity index is 855. The summed E-state index contributed by atoms with van der Waals surface area (Å²) in [7, 11) is 1.27. The number of urea groups is 1. The number of para-hydroxylation sites is 1. The molecule has 8 nitrogen and oxygen atoms in total. The smallest absolute Gasteiger partial charge is 0.336 e. The van der Waals surface area contributed by atoms with Crippen LogP contribution in [-0.2, 0) is 9.53 Å². The van der Waals surface area contributed by atoms with Gasteiger partial charge in [-0.2, -0.15) is 0 Å². The van der Waals surface area contributed by atoms with Gasteiger partial charge in [-0.25, -0.2) is 25.0 Å². The minimum atomic E-state index is -0.826. The Morgan fingerprint density at radius 3 is 2.75 bits per heavy atom. The van der Waals surface area contributed by atoms with Crippen LogP contribution in [0.15, 0.2) is 35.5 Å². The van der Waals surface area contributed by atoms with Gasteiger partial charge in [-0.05, 0) is 19.1 Å². The van der Waals surface area contributed by atoms with Gasteiger partial charge in [0.15, 0.2) is 0 Å². The van der Waals surface area contributed by atoms with Crippen LogP contribution in [0.5, 0.6) is 0 Å². The molecule has 2 amide bonds. The maximum Gasteiger partial charge on any atom is 0.336 e. The highest BCUT2D eigenvalue weighted by molar-refractivity contribution is 7.18. The summed E-state index contributed by atoms with van der Waals surface area (Å²) in [4.78, 5) is 28.0. The number of carbonyl (C=O) groups excluding carboxylic acids is 2. The topological polar surface area (TPSA) is 121 Å². The zero-order valence-electron chi connectivity index (χ0n) is 13.0. The molecule has 24 heavy (non-hydrogen) atoms. The summed E-state index contributed by atoms with van der Waals surface area (Å²) in [5, 5.41) is 10.1. The zero-order valence-corrected chi connectivity index (χ0v) is 13.8. The van der Waals surface area contributed by atoms with Crippen molar-refractivity contribution in [3.63, 3.8) is 0 Å². The molecule has 2 heterocycles. The number of allylic oxidation sites excluding steroid dienone is 1. The molecule has 9 heteroatoms. The molecule has 2 aromatic rings. The van der Waals surface area contributed by atoms with Crippen molar-refractivity contribution in [2.24, 2.45) is 5.73 Å². The quantitative estimate of drug-likeness (QED) is 0.731. The Kier molecular flexibility index (Phi) is 3.94. The molecular formula is C15H15N5O3S. The van der Waals surface area contributed by atoms with E-state index < -0.39 is 17.9 Å². The number of methoxy groups -OCH3 is 1. The van der Waals surface area contributed by atoms with Crippen molar-refractivity contribution in [1.82, 2.24) is 15.4 Å². The number of fused-ring (bicyclic) bond motifs is 1. The average Bonchev–Trinajstić information content (AvgIpc) is 3.07. The molecule has 1 aromatic heterocycles. The maximum atomic E-state index is 12.2. The van der Waals surface area contributed by atoms with E-state index in [1.807, 2.05) is 24.3 Å². The van der Waals surface area contributed by atoms with Crippen LogP contribution in [0.1, 0.15) is 17.8 Å². The van der Waals surface area contributed by atoms with Gasteiger partial charge in [0.25, 0.3) is 0 Å². The molecule has 0 aliphatic carbocycles. The Morgan fingerprint density at radius 1 is 1.42 bits per heavy atom. The normalized spacial score (nSPS) is 17.5. The highest BCUT2D eigenvalue weighted by Crippen LogP contribution is 2.40. The van der Waals surface area contributed by atoms with E-state index in [4.69, 9.17) is 15.9 Å². The zero-order chi connectivity index (χ0) is 17.4. The van der Waals surface area contributed by atoms with E-state index in [-0.39, 0.29) is 11.4 Å². The lowest BCUT2D eigenvalue weighted by Crippen LogP contribution is -2.45.